The Hall–Kier alpha value is -1.95. The molecule has 0 radical (unpaired) electrons. The van der Waals surface area contributed by atoms with Gasteiger partial charge in [0.1, 0.15) is 12.3 Å². The predicted octanol–water partition coefficient (Wildman–Crippen LogP) is 0.401. The molecule has 0 aliphatic carbocycles. The summed E-state index contributed by atoms with van der Waals surface area (Å²) in [5.74, 6) is 0.127. The number of likely N-dealkylation sites (N-methyl/N-ethyl adjacent to an activating group) is 1. The van der Waals surface area contributed by atoms with Gasteiger partial charge in [0.25, 0.3) is 5.91 Å². The van der Waals surface area contributed by atoms with Crippen LogP contribution in [0.4, 0.5) is 0 Å². The van der Waals surface area contributed by atoms with Crippen LogP contribution in [0.15, 0.2) is 24.4 Å². The second-order valence-corrected chi connectivity index (χ2v) is 5.64. The van der Waals surface area contributed by atoms with Crippen molar-refractivity contribution in [2.45, 2.75) is 12.5 Å². The first-order chi connectivity index (χ1) is 10.1. The van der Waals surface area contributed by atoms with Crippen LogP contribution in [0.25, 0.3) is 0 Å². The van der Waals surface area contributed by atoms with Crippen molar-refractivity contribution in [1.82, 2.24) is 14.8 Å². The van der Waals surface area contributed by atoms with Crippen LogP contribution in [0.5, 0.6) is 0 Å². The highest BCUT2D eigenvalue weighted by atomic mass is 16.5. The zero-order valence-corrected chi connectivity index (χ0v) is 12.1. The van der Waals surface area contributed by atoms with Gasteiger partial charge in [-0.25, -0.2) is 0 Å². The number of aromatic nitrogens is 1. The molecule has 2 amide bonds. The Bertz CT molecular complexity index is 534. The van der Waals surface area contributed by atoms with Crippen LogP contribution in [0.1, 0.15) is 16.9 Å². The van der Waals surface area contributed by atoms with E-state index in [0.29, 0.717) is 25.3 Å². The number of carbonyl (C=O) groups is 2. The molecule has 6 heteroatoms. The predicted molar refractivity (Wildman–Crippen MR) is 75.6 cm³/mol. The Morgan fingerprint density at radius 3 is 3.00 bits per heavy atom. The van der Waals surface area contributed by atoms with Gasteiger partial charge in [-0.2, -0.15) is 0 Å². The number of piperidine rings is 1. The summed E-state index contributed by atoms with van der Waals surface area (Å²) in [4.78, 5) is 31.8. The fourth-order valence-electron chi connectivity index (χ4n) is 2.98. The Labute approximate surface area is 123 Å². The van der Waals surface area contributed by atoms with Crippen molar-refractivity contribution >= 4 is 11.8 Å². The summed E-state index contributed by atoms with van der Waals surface area (Å²) >= 11 is 0. The van der Waals surface area contributed by atoms with Gasteiger partial charge in [0.05, 0.1) is 6.10 Å². The quantitative estimate of drug-likeness (QED) is 0.751. The third-order valence-electron chi connectivity index (χ3n) is 4.19. The molecule has 2 saturated heterocycles. The molecule has 0 N–H and O–H groups in total. The molecular formula is C15H19N3O3. The van der Waals surface area contributed by atoms with Gasteiger partial charge in [-0.3, -0.25) is 14.6 Å². The summed E-state index contributed by atoms with van der Waals surface area (Å²) in [7, 11) is 1.79. The van der Waals surface area contributed by atoms with Crippen LogP contribution in [0.3, 0.4) is 0 Å². The largest absolute Gasteiger partial charge is 0.368 e. The van der Waals surface area contributed by atoms with Crippen LogP contribution >= 0.6 is 0 Å². The summed E-state index contributed by atoms with van der Waals surface area (Å²) in [5.41, 5.74) is 0.468. The first kappa shape index (κ1) is 14.0. The Morgan fingerprint density at radius 1 is 1.38 bits per heavy atom. The summed E-state index contributed by atoms with van der Waals surface area (Å²) < 4.78 is 5.68. The molecule has 6 nitrogen and oxygen atoms in total. The van der Waals surface area contributed by atoms with Gasteiger partial charge in [0.15, 0.2) is 0 Å². The fourth-order valence-corrected chi connectivity index (χ4v) is 2.98. The molecule has 21 heavy (non-hydrogen) atoms. The monoisotopic (exact) mass is 289 g/mol. The maximum absolute atomic E-state index is 12.4. The van der Waals surface area contributed by atoms with Gasteiger partial charge in [-0.1, -0.05) is 6.07 Å². The highest BCUT2D eigenvalue weighted by Crippen LogP contribution is 2.24. The summed E-state index contributed by atoms with van der Waals surface area (Å²) in [6.07, 6.45) is 2.46. The lowest BCUT2D eigenvalue weighted by atomic mass is 9.94. The van der Waals surface area contributed by atoms with Gasteiger partial charge in [0, 0.05) is 38.8 Å². The zero-order chi connectivity index (χ0) is 14.8. The van der Waals surface area contributed by atoms with E-state index in [0.717, 1.165) is 6.42 Å². The number of ether oxygens (including phenoxy) is 1. The standard InChI is InChI=1S/C15H19N3O3/c1-17-8-11-9-18(7-5-13(11)21-10-14(17)19)15(20)12-4-2-3-6-16-12/h2-4,6,11,13H,5,7-10H2,1H3/t11-,13-/m0/s1. The maximum Gasteiger partial charge on any atom is 0.272 e. The van der Waals surface area contributed by atoms with Crippen molar-refractivity contribution in [1.29, 1.82) is 0 Å². The normalized spacial score (nSPS) is 26.2. The van der Waals surface area contributed by atoms with E-state index in [1.165, 1.54) is 0 Å². The van der Waals surface area contributed by atoms with Crippen molar-refractivity contribution < 1.29 is 14.3 Å². The highest BCUT2D eigenvalue weighted by molar-refractivity contribution is 5.92. The fraction of sp³-hybridized carbons (Fsp3) is 0.533. The number of carbonyl (C=O) groups excluding carboxylic acids is 2. The summed E-state index contributed by atoms with van der Waals surface area (Å²) in [5, 5.41) is 0. The first-order valence-corrected chi connectivity index (χ1v) is 7.21. The van der Waals surface area contributed by atoms with Gasteiger partial charge < -0.3 is 14.5 Å². The Balaban J connectivity index is 1.71. The van der Waals surface area contributed by atoms with E-state index in [2.05, 4.69) is 4.98 Å². The van der Waals surface area contributed by atoms with Crippen molar-refractivity contribution in [2.75, 3.05) is 33.3 Å². The number of nitrogens with zero attached hydrogens (tertiary/aromatic N) is 3. The van der Waals surface area contributed by atoms with E-state index < -0.39 is 0 Å². The van der Waals surface area contributed by atoms with E-state index in [1.807, 2.05) is 11.0 Å². The van der Waals surface area contributed by atoms with E-state index in [9.17, 15) is 9.59 Å². The number of hydrogen-bond acceptors (Lipinski definition) is 4. The van der Waals surface area contributed by atoms with Crippen LogP contribution in [0, 0.1) is 5.92 Å². The van der Waals surface area contributed by atoms with Crippen molar-refractivity contribution in [3.05, 3.63) is 30.1 Å². The minimum Gasteiger partial charge on any atom is -0.368 e. The van der Waals surface area contributed by atoms with Gasteiger partial charge >= 0.3 is 0 Å². The molecule has 0 aromatic carbocycles. The lowest BCUT2D eigenvalue weighted by Crippen LogP contribution is -2.49. The first-order valence-electron chi connectivity index (χ1n) is 7.21. The molecule has 0 unspecified atom stereocenters. The molecule has 112 valence electrons. The molecule has 3 heterocycles. The molecule has 2 atom stereocenters. The minimum absolute atomic E-state index is 0.00648. The average Bonchev–Trinajstić information content (AvgIpc) is 2.66. The molecule has 0 bridgehead atoms. The van der Waals surface area contributed by atoms with E-state index in [4.69, 9.17) is 4.74 Å². The number of amides is 2. The second-order valence-electron chi connectivity index (χ2n) is 5.64. The molecule has 1 aromatic rings. The molecule has 2 aliphatic heterocycles. The second kappa shape index (κ2) is 5.81. The number of pyridine rings is 1. The summed E-state index contributed by atoms with van der Waals surface area (Å²) in [6, 6.07) is 5.34. The molecular weight excluding hydrogens is 270 g/mol. The van der Waals surface area contributed by atoms with Crippen LogP contribution < -0.4 is 0 Å². The Kier molecular flexibility index (Phi) is 3.88. The van der Waals surface area contributed by atoms with E-state index in [-0.39, 0.29) is 30.4 Å². The van der Waals surface area contributed by atoms with Crippen LogP contribution in [-0.4, -0.2) is 66.0 Å². The molecule has 2 fully saturated rings. The molecule has 0 saturated carbocycles. The van der Waals surface area contributed by atoms with Crippen molar-refractivity contribution in [3.8, 4) is 0 Å². The minimum atomic E-state index is -0.0488. The maximum atomic E-state index is 12.4. The van der Waals surface area contributed by atoms with E-state index >= 15 is 0 Å². The number of hydrogen-bond donors (Lipinski definition) is 0. The molecule has 2 aliphatic rings. The average molecular weight is 289 g/mol. The Morgan fingerprint density at radius 2 is 2.24 bits per heavy atom. The lowest BCUT2D eigenvalue weighted by molar-refractivity contribution is -0.133. The van der Waals surface area contributed by atoms with Gasteiger partial charge in [0.2, 0.25) is 5.91 Å². The molecule has 1 aromatic heterocycles. The number of fused-ring (bicyclic) bond motifs is 1. The molecule has 0 spiro atoms. The van der Waals surface area contributed by atoms with Crippen molar-refractivity contribution in [3.63, 3.8) is 0 Å². The highest BCUT2D eigenvalue weighted by Gasteiger charge is 2.36. The number of rotatable bonds is 1. The van der Waals surface area contributed by atoms with Crippen molar-refractivity contribution in [2.24, 2.45) is 5.92 Å². The van der Waals surface area contributed by atoms with Gasteiger partial charge in [-0.15, -0.1) is 0 Å². The number of likely N-dealkylation sites (tertiary alicyclic amines) is 1. The molecule has 3 rings (SSSR count). The summed E-state index contributed by atoms with van der Waals surface area (Å²) in [6.45, 7) is 2.04. The van der Waals surface area contributed by atoms with Gasteiger partial charge in [-0.05, 0) is 18.6 Å². The van der Waals surface area contributed by atoms with E-state index in [1.54, 1.807) is 30.3 Å². The SMILES string of the molecule is CN1C[C@H]2CN(C(=O)c3ccccn3)CC[C@@H]2OCC1=O. The van der Waals surface area contributed by atoms with Crippen LogP contribution in [0.2, 0.25) is 0 Å². The third kappa shape index (κ3) is 2.90. The van der Waals surface area contributed by atoms with Crippen LogP contribution in [-0.2, 0) is 9.53 Å². The smallest absolute Gasteiger partial charge is 0.272 e. The third-order valence-corrected chi connectivity index (χ3v) is 4.19. The lowest BCUT2D eigenvalue weighted by Gasteiger charge is -2.37. The topological polar surface area (TPSA) is 62.7 Å². The zero-order valence-electron chi connectivity index (χ0n) is 12.1.